The number of amides is 3. The van der Waals surface area contributed by atoms with Crippen LogP contribution >= 0.6 is 0 Å². The summed E-state index contributed by atoms with van der Waals surface area (Å²) in [5.41, 5.74) is 6.61. The maximum absolute atomic E-state index is 12.7. The van der Waals surface area contributed by atoms with E-state index in [1.54, 1.807) is 24.3 Å². The van der Waals surface area contributed by atoms with E-state index in [0.717, 1.165) is 0 Å². The molecular weight excluding hydrogens is 290 g/mol. The number of anilines is 2. The standard InChI is InChI=1S/C18H17N3O2/c1-2-9-16(17(19)22)20-18(23)21(14-10-5-3-6-11-14)15-12-7-4-8-13-15/h1,3-8,10-13,16H,9H2,(H2,19,22)(H,20,23)/t16-/m1/s1. The number of carbonyl (C=O) groups excluding carboxylic acids is 2. The van der Waals surface area contributed by atoms with E-state index in [0.29, 0.717) is 11.4 Å². The van der Waals surface area contributed by atoms with Crippen LogP contribution in [0.1, 0.15) is 6.42 Å². The molecule has 0 fully saturated rings. The van der Waals surface area contributed by atoms with Crippen molar-refractivity contribution in [3.63, 3.8) is 0 Å². The Morgan fingerprint density at radius 1 is 1.04 bits per heavy atom. The molecule has 23 heavy (non-hydrogen) atoms. The van der Waals surface area contributed by atoms with Crippen LogP contribution in [0.25, 0.3) is 0 Å². The molecule has 3 amide bonds. The fraction of sp³-hybridized carbons (Fsp3) is 0.111. The van der Waals surface area contributed by atoms with Crippen molar-refractivity contribution in [3.8, 4) is 12.3 Å². The molecule has 1 atom stereocenters. The second kappa shape index (κ2) is 7.66. The zero-order valence-corrected chi connectivity index (χ0v) is 12.5. The van der Waals surface area contributed by atoms with Crippen molar-refractivity contribution in [1.82, 2.24) is 5.32 Å². The lowest BCUT2D eigenvalue weighted by Crippen LogP contribution is -2.48. The van der Waals surface area contributed by atoms with Crippen molar-refractivity contribution < 1.29 is 9.59 Å². The summed E-state index contributed by atoms with van der Waals surface area (Å²) in [5, 5.41) is 2.58. The van der Waals surface area contributed by atoms with E-state index in [-0.39, 0.29) is 6.42 Å². The minimum absolute atomic E-state index is 0.0402. The van der Waals surface area contributed by atoms with Gasteiger partial charge in [-0.2, -0.15) is 0 Å². The quantitative estimate of drug-likeness (QED) is 0.832. The fourth-order valence-corrected chi connectivity index (χ4v) is 2.09. The molecule has 0 radical (unpaired) electrons. The lowest BCUT2D eigenvalue weighted by atomic mass is 10.2. The molecule has 0 aromatic heterocycles. The first-order chi connectivity index (χ1) is 11.1. The van der Waals surface area contributed by atoms with Gasteiger partial charge in [0.05, 0.1) is 11.4 Å². The Bertz CT molecular complexity index is 669. The molecule has 5 heteroatoms. The third kappa shape index (κ3) is 4.11. The summed E-state index contributed by atoms with van der Waals surface area (Å²) in [5.74, 6) is 1.67. The molecule has 2 aromatic carbocycles. The molecule has 0 unspecified atom stereocenters. The van der Waals surface area contributed by atoms with E-state index >= 15 is 0 Å². The van der Waals surface area contributed by atoms with Crippen molar-refractivity contribution in [3.05, 3.63) is 60.7 Å². The number of hydrogen-bond acceptors (Lipinski definition) is 2. The SMILES string of the molecule is C#CC[C@@H](NC(=O)N(c1ccccc1)c1ccccc1)C(N)=O. The maximum Gasteiger partial charge on any atom is 0.327 e. The number of hydrogen-bond donors (Lipinski definition) is 2. The van der Waals surface area contributed by atoms with E-state index in [2.05, 4.69) is 11.2 Å². The number of rotatable bonds is 5. The predicted molar refractivity (Wildman–Crippen MR) is 90.0 cm³/mol. The smallest absolute Gasteiger partial charge is 0.327 e. The molecule has 2 aromatic rings. The molecule has 0 aliphatic rings. The second-order valence-corrected chi connectivity index (χ2v) is 4.82. The van der Waals surface area contributed by atoms with Gasteiger partial charge in [-0.15, -0.1) is 12.3 Å². The van der Waals surface area contributed by atoms with Crippen LogP contribution in [0.5, 0.6) is 0 Å². The third-order valence-electron chi connectivity index (χ3n) is 3.20. The van der Waals surface area contributed by atoms with Gasteiger partial charge in [-0.1, -0.05) is 36.4 Å². The highest BCUT2D eigenvalue weighted by molar-refractivity contribution is 6.01. The van der Waals surface area contributed by atoms with Crippen LogP contribution in [0.4, 0.5) is 16.2 Å². The van der Waals surface area contributed by atoms with Crippen molar-refractivity contribution in [2.24, 2.45) is 5.73 Å². The Kier molecular flexibility index (Phi) is 5.37. The van der Waals surface area contributed by atoms with Gasteiger partial charge in [-0.25, -0.2) is 4.79 Å². The normalized spacial score (nSPS) is 11.1. The number of carbonyl (C=O) groups is 2. The van der Waals surface area contributed by atoms with Crippen LogP contribution in [0.3, 0.4) is 0 Å². The van der Waals surface area contributed by atoms with Crippen LogP contribution in [-0.2, 0) is 4.79 Å². The molecule has 5 nitrogen and oxygen atoms in total. The zero-order valence-electron chi connectivity index (χ0n) is 12.5. The summed E-state index contributed by atoms with van der Waals surface area (Å²) < 4.78 is 0. The summed E-state index contributed by atoms with van der Waals surface area (Å²) in [4.78, 5) is 25.6. The second-order valence-electron chi connectivity index (χ2n) is 4.82. The Morgan fingerprint density at radius 2 is 1.52 bits per heavy atom. The van der Waals surface area contributed by atoms with E-state index < -0.39 is 18.0 Å². The number of benzene rings is 2. The average Bonchev–Trinajstić information content (AvgIpc) is 2.56. The molecule has 0 aliphatic heterocycles. The Balaban J connectivity index is 2.33. The Hall–Kier alpha value is -3.26. The molecule has 0 spiro atoms. The minimum atomic E-state index is -0.914. The number of primary amides is 1. The third-order valence-corrected chi connectivity index (χ3v) is 3.20. The first-order valence-electron chi connectivity index (χ1n) is 7.07. The van der Waals surface area contributed by atoms with Gasteiger partial charge in [0.25, 0.3) is 0 Å². The molecule has 0 saturated heterocycles. The van der Waals surface area contributed by atoms with E-state index in [1.165, 1.54) is 4.90 Å². The monoisotopic (exact) mass is 307 g/mol. The van der Waals surface area contributed by atoms with Crippen LogP contribution in [0.2, 0.25) is 0 Å². The van der Waals surface area contributed by atoms with Crippen molar-refractivity contribution >= 4 is 23.3 Å². The molecular formula is C18H17N3O2. The molecule has 3 N–H and O–H groups in total. The van der Waals surface area contributed by atoms with Gasteiger partial charge in [0.15, 0.2) is 0 Å². The molecule has 0 saturated carbocycles. The van der Waals surface area contributed by atoms with Gasteiger partial charge >= 0.3 is 6.03 Å². The topological polar surface area (TPSA) is 75.4 Å². The summed E-state index contributed by atoms with van der Waals surface area (Å²) in [6.07, 6.45) is 5.26. The van der Waals surface area contributed by atoms with Crippen molar-refractivity contribution in [1.29, 1.82) is 0 Å². The minimum Gasteiger partial charge on any atom is -0.368 e. The highest BCUT2D eigenvalue weighted by atomic mass is 16.2. The van der Waals surface area contributed by atoms with Crippen LogP contribution in [0, 0.1) is 12.3 Å². The predicted octanol–water partition coefficient (Wildman–Crippen LogP) is 2.41. The van der Waals surface area contributed by atoms with E-state index in [9.17, 15) is 9.59 Å². The lowest BCUT2D eigenvalue weighted by Gasteiger charge is -2.25. The summed E-state index contributed by atoms with van der Waals surface area (Å²) >= 11 is 0. The lowest BCUT2D eigenvalue weighted by molar-refractivity contribution is -0.119. The van der Waals surface area contributed by atoms with Gasteiger partial charge in [-0.05, 0) is 24.3 Å². The van der Waals surface area contributed by atoms with Crippen molar-refractivity contribution in [2.45, 2.75) is 12.5 Å². The van der Waals surface area contributed by atoms with Crippen molar-refractivity contribution in [2.75, 3.05) is 4.90 Å². The highest BCUT2D eigenvalue weighted by Gasteiger charge is 2.23. The van der Waals surface area contributed by atoms with Gasteiger partial charge in [0, 0.05) is 6.42 Å². The van der Waals surface area contributed by atoms with Crippen LogP contribution in [0.15, 0.2) is 60.7 Å². The molecule has 2 rings (SSSR count). The summed E-state index contributed by atoms with van der Waals surface area (Å²) in [6.45, 7) is 0. The number of nitrogens with zero attached hydrogens (tertiary/aromatic N) is 1. The fourth-order valence-electron chi connectivity index (χ4n) is 2.09. The van der Waals surface area contributed by atoms with Crippen LogP contribution < -0.4 is 16.0 Å². The number of urea groups is 1. The zero-order chi connectivity index (χ0) is 16.7. The van der Waals surface area contributed by atoms with Crippen LogP contribution in [-0.4, -0.2) is 18.0 Å². The first kappa shape index (κ1) is 16.1. The highest BCUT2D eigenvalue weighted by Crippen LogP contribution is 2.25. The van der Waals surface area contributed by atoms with E-state index in [4.69, 9.17) is 12.2 Å². The number of terminal acetylenes is 1. The summed E-state index contributed by atoms with van der Waals surface area (Å²) in [6, 6.07) is 16.8. The number of nitrogens with two attached hydrogens (primary N) is 1. The van der Waals surface area contributed by atoms with Gasteiger partial charge in [0.2, 0.25) is 5.91 Å². The number of nitrogens with one attached hydrogen (secondary N) is 1. The molecule has 0 aliphatic carbocycles. The van der Waals surface area contributed by atoms with E-state index in [1.807, 2.05) is 36.4 Å². The molecule has 0 heterocycles. The molecule has 0 bridgehead atoms. The largest absolute Gasteiger partial charge is 0.368 e. The Morgan fingerprint density at radius 3 is 1.91 bits per heavy atom. The number of para-hydroxylation sites is 2. The first-order valence-corrected chi connectivity index (χ1v) is 7.07. The summed E-state index contributed by atoms with van der Waals surface area (Å²) in [7, 11) is 0. The Labute approximate surface area is 135 Å². The van der Waals surface area contributed by atoms with Gasteiger partial charge in [0.1, 0.15) is 6.04 Å². The average molecular weight is 307 g/mol. The van der Waals surface area contributed by atoms with Gasteiger partial charge in [-0.3, -0.25) is 9.69 Å². The van der Waals surface area contributed by atoms with Gasteiger partial charge < -0.3 is 11.1 Å². The molecule has 116 valence electrons. The maximum atomic E-state index is 12.7.